The molecule has 0 bridgehead atoms. The zero-order valence-corrected chi connectivity index (χ0v) is 11.8. The molecule has 0 fully saturated rings. The lowest BCUT2D eigenvalue weighted by atomic mass is 10.2. The van der Waals surface area contributed by atoms with Crippen molar-refractivity contribution < 1.29 is 0 Å². The molecule has 0 spiro atoms. The monoisotopic (exact) mass is 269 g/mol. The summed E-state index contributed by atoms with van der Waals surface area (Å²) in [5.74, 6) is 0. The standard InChI is InChI=1S/C15H15N3S/c1-10-5-6-12-14(8-10)19-15(18-12)17-9-13-11(2)4-3-7-16-13/h3-8H,9H2,1-2H3,(H,17,18). The lowest BCUT2D eigenvalue weighted by Gasteiger charge is -2.04. The van der Waals surface area contributed by atoms with Gasteiger partial charge in [0.2, 0.25) is 0 Å². The molecule has 0 aliphatic heterocycles. The Balaban J connectivity index is 1.80. The van der Waals surface area contributed by atoms with Gasteiger partial charge >= 0.3 is 0 Å². The maximum absolute atomic E-state index is 4.58. The first-order valence-corrected chi connectivity index (χ1v) is 7.05. The summed E-state index contributed by atoms with van der Waals surface area (Å²) in [7, 11) is 0. The molecule has 0 aliphatic rings. The van der Waals surface area contributed by atoms with Gasteiger partial charge in [-0.2, -0.15) is 0 Å². The van der Waals surface area contributed by atoms with Crippen molar-refractivity contribution >= 4 is 26.7 Å². The fourth-order valence-corrected chi connectivity index (χ4v) is 2.93. The smallest absolute Gasteiger partial charge is 0.184 e. The molecule has 0 saturated heterocycles. The molecule has 96 valence electrons. The maximum atomic E-state index is 4.58. The average molecular weight is 269 g/mol. The van der Waals surface area contributed by atoms with E-state index in [2.05, 4.69) is 53.4 Å². The summed E-state index contributed by atoms with van der Waals surface area (Å²) in [6.07, 6.45) is 1.83. The van der Waals surface area contributed by atoms with Crippen LogP contribution in [-0.2, 0) is 6.54 Å². The van der Waals surface area contributed by atoms with Crippen molar-refractivity contribution in [3.63, 3.8) is 0 Å². The highest BCUT2D eigenvalue weighted by Crippen LogP contribution is 2.26. The van der Waals surface area contributed by atoms with Crippen molar-refractivity contribution in [3.05, 3.63) is 53.3 Å². The van der Waals surface area contributed by atoms with E-state index >= 15 is 0 Å². The van der Waals surface area contributed by atoms with E-state index in [1.54, 1.807) is 11.3 Å². The Labute approximate surface area is 116 Å². The van der Waals surface area contributed by atoms with Gasteiger partial charge in [-0.3, -0.25) is 4.98 Å². The van der Waals surface area contributed by atoms with Crippen molar-refractivity contribution in [1.82, 2.24) is 9.97 Å². The summed E-state index contributed by atoms with van der Waals surface area (Å²) >= 11 is 1.69. The van der Waals surface area contributed by atoms with E-state index in [1.807, 2.05) is 12.3 Å². The molecule has 1 N–H and O–H groups in total. The van der Waals surface area contributed by atoms with E-state index in [4.69, 9.17) is 0 Å². The highest BCUT2D eigenvalue weighted by atomic mass is 32.1. The lowest BCUT2D eigenvalue weighted by Crippen LogP contribution is -2.02. The SMILES string of the molecule is Cc1ccc2nc(NCc3ncccc3C)sc2c1. The summed E-state index contributed by atoms with van der Waals surface area (Å²) in [6.45, 7) is 4.89. The topological polar surface area (TPSA) is 37.8 Å². The van der Waals surface area contributed by atoms with Crippen LogP contribution in [0, 0.1) is 13.8 Å². The Kier molecular flexibility index (Phi) is 3.17. The molecular weight excluding hydrogens is 254 g/mol. The number of nitrogens with zero attached hydrogens (tertiary/aromatic N) is 2. The molecule has 4 heteroatoms. The van der Waals surface area contributed by atoms with Crippen LogP contribution in [0.5, 0.6) is 0 Å². The fourth-order valence-electron chi connectivity index (χ4n) is 1.97. The maximum Gasteiger partial charge on any atom is 0.184 e. The molecule has 3 nitrogen and oxygen atoms in total. The number of hydrogen-bond acceptors (Lipinski definition) is 4. The van der Waals surface area contributed by atoms with Crippen molar-refractivity contribution in [2.24, 2.45) is 0 Å². The second-order valence-electron chi connectivity index (χ2n) is 4.61. The number of pyridine rings is 1. The minimum Gasteiger partial charge on any atom is -0.356 e. The third-order valence-corrected chi connectivity index (χ3v) is 4.04. The Morgan fingerprint density at radius 2 is 2.11 bits per heavy atom. The largest absolute Gasteiger partial charge is 0.356 e. The first-order chi connectivity index (χ1) is 9.22. The van der Waals surface area contributed by atoms with Crippen LogP contribution in [-0.4, -0.2) is 9.97 Å². The quantitative estimate of drug-likeness (QED) is 0.783. The average Bonchev–Trinajstić information content (AvgIpc) is 2.79. The molecule has 0 saturated carbocycles. The molecule has 19 heavy (non-hydrogen) atoms. The van der Waals surface area contributed by atoms with Gasteiger partial charge in [-0.25, -0.2) is 4.98 Å². The third-order valence-electron chi connectivity index (χ3n) is 3.07. The predicted octanol–water partition coefficient (Wildman–Crippen LogP) is 3.92. The van der Waals surface area contributed by atoms with Crippen molar-refractivity contribution in [3.8, 4) is 0 Å². The summed E-state index contributed by atoms with van der Waals surface area (Å²) in [4.78, 5) is 8.95. The van der Waals surface area contributed by atoms with E-state index in [1.165, 1.54) is 15.8 Å². The number of thiazole rings is 1. The van der Waals surface area contributed by atoms with Crippen molar-refractivity contribution in [2.45, 2.75) is 20.4 Å². The van der Waals surface area contributed by atoms with Crippen LogP contribution in [0.1, 0.15) is 16.8 Å². The van der Waals surface area contributed by atoms with Gasteiger partial charge in [-0.15, -0.1) is 0 Å². The number of rotatable bonds is 3. The second-order valence-corrected chi connectivity index (χ2v) is 5.64. The van der Waals surface area contributed by atoms with E-state index in [0.717, 1.165) is 16.3 Å². The Morgan fingerprint density at radius 1 is 1.21 bits per heavy atom. The summed E-state index contributed by atoms with van der Waals surface area (Å²) in [5, 5.41) is 4.31. The Bertz CT molecular complexity index is 718. The van der Waals surface area contributed by atoms with Gasteiger partial charge in [0.15, 0.2) is 5.13 Å². The van der Waals surface area contributed by atoms with Crippen LogP contribution < -0.4 is 5.32 Å². The molecule has 0 unspecified atom stereocenters. The van der Waals surface area contributed by atoms with Crippen LogP contribution in [0.4, 0.5) is 5.13 Å². The normalized spacial score (nSPS) is 10.8. The first kappa shape index (κ1) is 12.1. The van der Waals surface area contributed by atoms with E-state index in [9.17, 15) is 0 Å². The molecule has 1 aromatic carbocycles. The first-order valence-electron chi connectivity index (χ1n) is 6.24. The Hall–Kier alpha value is -1.94. The van der Waals surface area contributed by atoms with Gasteiger partial charge < -0.3 is 5.32 Å². The molecule has 3 rings (SSSR count). The zero-order valence-electron chi connectivity index (χ0n) is 11.0. The molecule has 2 heterocycles. The number of anilines is 1. The molecule has 0 atom stereocenters. The number of aromatic nitrogens is 2. The van der Waals surface area contributed by atoms with E-state index in [-0.39, 0.29) is 0 Å². The highest BCUT2D eigenvalue weighted by Gasteiger charge is 2.04. The number of benzene rings is 1. The van der Waals surface area contributed by atoms with Gasteiger partial charge in [0, 0.05) is 6.20 Å². The number of hydrogen-bond donors (Lipinski definition) is 1. The zero-order chi connectivity index (χ0) is 13.2. The molecule has 3 aromatic rings. The van der Waals surface area contributed by atoms with Crippen molar-refractivity contribution in [1.29, 1.82) is 0 Å². The third kappa shape index (κ3) is 2.58. The second kappa shape index (κ2) is 4.97. The van der Waals surface area contributed by atoms with Gasteiger partial charge in [0.05, 0.1) is 22.5 Å². The summed E-state index contributed by atoms with van der Waals surface area (Å²) < 4.78 is 1.22. The van der Waals surface area contributed by atoms with Crippen LogP contribution in [0.15, 0.2) is 36.5 Å². The predicted molar refractivity (Wildman–Crippen MR) is 80.7 cm³/mol. The minimum atomic E-state index is 0.714. The van der Waals surface area contributed by atoms with Crippen LogP contribution in [0.2, 0.25) is 0 Å². The number of nitrogens with one attached hydrogen (secondary N) is 1. The van der Waals surface area contributed by atoms with Gasteiger partial charge in [0.1, 0.15) is 0 Å². The number of aryl methyl sites for hydroxylation is 2. The fraction of sp³-hybridized carbons (Fsp3) is 0.200. The summed E-state index contributed by atoms with van der Waals surface area (Å²) in [5.41, 5.74) is 4.59. The van der Waals surface area contributed by atoms with Gasteiger partial charge in [-0.1, -0.05) is 23.5 Å². The molecule has 0 radical (unpaired) electrons. The van der Waals surface area contributed by atoms with Crippen LogP contribution >= 0.6 is 11.3 Å². The minimum absolute atomic E-state index is 0.714. The van der Waals surface area contributed by atoms with Gasteiger partial charge in [-0.05, 0) is 43.2 Å². The highest BCUT2D eigenvalue weighted by molar-refractivity contribution is 7.22. The summed E-state index contributed by atoms with van der Waals surface area (Å²) in [6, 6.07) is 10.4. The van der Waals surface area contributed by atoms with Crippen LogP contribution in [0.3, 0.4) is 0 Å². The van der Waals surface area contributed by atoms with Gasteiger partial charge in [0.25, 0.3) is 0 Å². The van der Waals surface area contributed by atoms with E-state index < -0.39 is 0 Å². The van der Waals surface area contributed by atoms with Crippen LogP contribution in [0.25, 0.3) is 10.2 Å². The lowest BCUT2D eigenvalue weighted by molar-refractivity contribution is 1.02. The van der Waals surface area contributed by atoms with E-state index in [0.29, 0.717) is 6.54 Å². The van der Waals surface area contributed by atoms with Crippen molar-refractivity contribution in [2.75, 3.05) is 5.32 Å². The molecule has 2 aromatic heterocycles. The molecule has 0 aliphatic carbocycles. The molecule has 0 amide bonds. The Morgan fingerprint density at radius 3 is 2.95 bits per heavy atom. The molecular formula is C15H15N3S. The number of fused-ring (bicyclic) bond motifs is 1.